The normalized spacial score (nSPS) is 28.3. The maximum absolute atomic E-state index is 12.2. The molecular formula is C15H17N3O5. The third-order valence-electron chi connectivity index (χ3n) is 4.90. The molecule has 122 valence electrons. The van der Waals surface area contributed by atoms with Gasteiger partial charge in [0.25, 0.3) is 5.69 Å². The molecule has 2 saturated carbocycles. The molecule has 1 aromatic rings. The molecule has 8 nitrogen and oxygen atoms in total. The average Bonchev–Trinajstić information content (AvgIpc) is 3.08. The van der Waals surface area contributed by atoms with E-state index in [1.807, 2.05) is 0 Å². The summed E-state index contributed by atoms with van der Waals surface area (Å²) in [6, 6.07) is 4.77. The Kier molecular flexibility index (Phi) is 3.67. The maximum Gasteiger partial charge on any atom is 0.329 e. The first kappa shape index (κ1) is 15.3. The summed E-state index contributed by atoms with van der Waals surface area (Å²) < 4.78 is 0. The van der Waals surface area contributed by atoms with Crippen LogP contribution in [0.5, 0.6) is 0 Å². The number of benzene rings is 1. The number of non-ortho nitro benzene ring substituents is 1. The van der Waals surface area contributed by atoms with Crippen molar-refractivity contribution in [2.24, 2.45) is 11.8 Å². The Balaban J connectivity index is 1.68. The van der Waals surface area contributed by atoms with Crippen molar-refractivity contribution < 1.29 is 19.6 Å². The number of nitrogens with zero attached hydrogens (tertiary/aromatic N) is 1. The van der Waals surface area contributed by atoms with E-state index >= 15 is 0 Å². The van der Waals surface area contributed by atoms with Crippen LogP contribution in [0, 0.1) is 22.0 Å². The van der Waals surface area contributed by atoms with E-state index < -0.39 is 22.5 Å². The quantitative estimate of drug-likeness (QED) is 0.581. The fourth-order valence-electron chi connectivity index (χ4n) is 3.83. The molecule has 3 unspecified atom stereocenters. The summed E-state index contributed by atoms with van der Waals surface area (Å²) in [7, 11) is 0. The Hall–Kier alpha value is -2.64. The van der Waals surface area contributed by atoms with E-state index in [0.29, 0.717) is 18.0 Å². The molecule has 2 aliphatic rings. The monoisotopic (exact) mass is 319 g/mol. The topological polar surface area (TPSA) is 122 Å². The SMILES string of the molecule is O=C(Nc1ccc([N+](=O)[O-])cc1)NC1(C(=O)O)CC2CCC1C2. The number of anilines is 1. The molecule has 1 aromatic carbocycles. The molecule has 3 atom stereocenters. The van der Waals surface area contributed by atoms with Crippen molar-refractivity contribution in [3.63, 3.8) is 0 Å². The van der Waals surface area contributed by atoms with Crippen molar-refractivity contribution in [2.75, 3.05) is 5.32 Å². The summed E-state index contributed by atoms with van der Waals surface area (Å²) in [5.41, 5.74) is -0.906. The minimum Gasteiger partial charge on any atom is -0.479 e. The summed E-state index contributed by atoms with van der Waals surface area (Å²) >= 11 is 0. The van der Waals surface area contributed by atoms with Crippen LogP contribution in [-0.2, 0) is 4.79 Å². The first-order chi connectivity index (χ1) is 10.9. The molecule has 8 heteroatoms. The number of carboxylic acid groups (broad SMARTS) is 1. The number of urea groups is 1. The second-order valence-corrected chi connectivity index (χ2v) is 6.24. The van der Waals surface area contributed by atoms with Gasteiger partial charge in [-0.15, -0.1) is 0 Å². The van der Waals surface area contributed by atoms with Crippen LogP contribution in [-0.4, -0.2) is 27.6 Å². The highest BCUT2D eigenvalue weighted by Crippen LogP contribution is 2.50. The fourth-order valence-corrected chi connectivity index (χ4v) is 3.83. The molecule has 0 radical (unpaired) electrons. The standard InChI is InChI=1S/C15H17N3O5/c19-13(20)15(8-9-1-2-10(15)7-9)17-14(21)16-11-3-5-12(6-4-11)18(22)23/h3-6,9-10H,1-2,7-8H2,(H,19,20)(H2,16,17,21). The third-order valence-corrected chi connectivity index (χ3v) is 4.90. The minimum atomic E-state index is -1.20. The number of amides is 2. The molecule has 2 aliphatic carbocycles. The Morgan fingerprint density at radius 3 is 2.43 bits per heavy atom. The van der Waals surface area contributed by atoms with Gasteiger partial charge in [-0.3, -0.25) is 10.1 Å². The number of carboxylic acids is 1. The number of nitro benzene ring substituents is 1. The fraction of sp³-hybridized carbons (Fsp3) is 0.467. The molecule has 3 N–H and O–H groups in total. The van der Waals surface area contributed by atoms with Crippen LogP contribution in [0.4, 0.5) is 16.2 Å². The lowest BCUT2D eigenvalue weighted by molar-refractivity contribution is -0.384. The first-order valence-electron chi connectivity index (χ1n) is 7.48. The van der Waals surface area contributed by atoms with Gasteiger partial charge in [-0.25, -0.2) is 9.59 Å². The van der Waals surface area contributed by atoms with Crippen molar-refractivity contribution in [1.82, 2.24) is 5.32 Å². The lowest BCUT2D eigenvalue weighted by Gasteiger charge is -2.34. The Morgan fingerprint density at radius 2 is 1.96 bits per heavy atom. The molecule has 0 spiro atoms. The van der Waals surface area contributed by atoms with Gasteiger partial charge in [-0.1, -0.05) is 0 Å². The van der Waals surface area contributed by atoms with Crippen molar-refractivity contribution in [2.45, 2.75) is 31.2 Å². The van der Waals surface area contributed by atoms with Gasteiger partial charge in [-0.05, 0) is 49.7 Å². The van der Waals surface area contributed by atoms with Gasteiger partial charge in [0.2, 0.25) is 0 Å². The van der Waals surface area contributed by atoms with Crippen LogP contribution in [0.2, 0.25) is 0 Å². The largest absolute Gasteiger partial charge is 0.479 e. The number of fused-ring (bicyclic) bond motifs is 2. The van der Waals surface area contributed by atoms with Crippen molar-refractivity contribution in [1.29, 1.82) is 0 Å². The molecular weight excluding hydrogens is 302 g/mol. The molecule has 0 aromatic heterocycles. The molecule has 2 bridgehead atoms. The molecule has 0 aliphatic heterocycles. The number of hydrogen-bond donors (Lipinski definition) is 3. The van der Waals surface area contributed by atoms with E-state index in [4.69, 9.17) is 0 Å². The van der Waals surface area contributed by atoms with Gasteiger partial charge in [0.15, 0.2) is 0 Å². The molecule has 23 heavy (non-hydrogen) atoms. The van der Waals surface area contributed by atoms with Crippen molar-refractivity contribution >= 4 is 23.4 Å². The number of nitrogens with one attached hydrogen (secondary N) is 2. The predicted molar refractivity (Wildman–Crippen MR) is 81.1 cm³/mol. The molecule has 2 amide bonds. The zero-order chi connectivity index (χ0) is 16.6. The van der Waals surface area contributed by atoms with E-state index in [1.165, 1.54) is 24.3 Å². The van der Waals surface area contributed by atoms with Crippen LogP contribution >= 0.6 is 0 Å². The maximum atomic E-state index is 12.2. The van der Waals surface area contributed by atoms with Crippen LogP contribution < -0.4 is 10.6 Å². The van der Waals surface area contributed by atoms with Gasteiger partial charge in [0.05, 0.1) is 4.92 Å². The third kappa shape index (κ3) is 2.71. The average molecular weight is 319 g/mol. The lowest BCUT2D eigenvalue weighted by atomic mass is 9.81. The number of carbonyl (C=O) groups excluding carboxylic acids is 1. The van der Waals surface area contributed by atoms with Gasteiger partial charge in [-0.2, -0.15) is 0 Å². The van der Waals surface area contributed by atoms with Gasteiger partial charge in [0.1, 0.15) is 5.54 Å². The second-order valence-electron chi connectivity index (χ2n) is 6.24. The van der Waals surface area contributed by atoms with Gasteiger partial charge >= 0.3 is 12.0 Å². The highest BCUT2D eigenvalue weighted by molar-refractivity contribution is 5.94. The number of nitro groups is 1. The summed E-state index contributed by atoms with van der Waals surface area (Å²) in [6.45, 7) is 0. The summed E-state index contributed by atoms with van der Waals surface area (Å²) in [6.07, 6.45) is 3.13. The van der Waals surface area contributed by atoms with E-state index in [0.717, 1.165) is 19.3 Å². The Morgan fingerprint density at radius 1 is 1.26 bits per heavy atom. The molecule has 2 fully saturated rings. The molecule has 0 saturated heterocycles. The lowest BCUT2D eigenvalue weighted by Crippen LogP contribution is -2.58. The number of rotatable bonds is 4. The van der Waals surface area contributed by atoms with Gasteiger partial charge < -0.3 is 15.7 Å². The van der Waals surface area contributed by atoms with Crippen molar-refractivity contribution in [3.05, 3.63) is 34.4 Å². The second kappa shape index (κ2) is 5.53. The number of carbonyl (C=O) groups is 2. The van der Waals surface area contributed by atoms with Crippen LogP contribution in [0.25, 0.3) is 0 Å². The van der Waals surface area contributed by atoms with Crippen LogP contribution in [0.1, 0.15) is 25.7 Å². The number of hydrogen-bond acceptors (Lipinski definition) is 4. The summed E-state index contributed by atoms with van der Waals surface area (Å²) in [4.78, 5) is 33.9. The predicted octanol–water partition coefficient (Wildman–Crippen LogP) is 2.36. The van der Waals surface area contributed by atoms with E-state index in [9.17, 15) is 24.8 Å². The zero-order valence-corrected chi connectivity index (χ0v) is 12.3. The highest BCUT2D eigenvalue weighted by Gasteiger charge is 2.56. The van der Waals surface area contributed by atoms with E-state index in [1.54, 1.807) is 0 Å². The Bertz CT molecular complexity index is 660. The van der Waals surface area contributed by atoms with Crippen molar-refractivity contribution in [3.8, 4) is 0 Å². The molecule has 3 rings (SSSR count). The van der Waals surface area contributed by atoms with Gasteiger partial charge in [0, 0.05) is 17.8 Å². The number of aliphatic carboxylic acids is 1. The highest BCUT2D eigenvalue weighted by atomic mass is 16.6. The summed E-state index contributed by atoms with van der Waals surface area (Å²) in [5.74, 6) is -0.674. The van der Waals surface area contributed by atoms with Crippen LogP contribution in [0.3, 0.4) is 0 Å². The molecule has 0 heterocycles. The zero-order valence-electron chi connectivity index (χ0n) is 12.3. The van der Waals surface area contributed by atoms with E-state index in [2.05, 4.69) is 10.6 Å². The first-order valence-corrected chi connectivity index (χ1v) is 7.48. The minimum absolute atomic E-state index is 0.0346. The van der Waals surface area contributed by atoms with Crippen LogP contribution in [0.15, 0.2) is 24.3 Å². The van der Waals surface area contributed by atoms with E-state index in [-0.39, 0.29) is 11.6 Å². The Labute approximate surface area is 132 Å². The summed E-state index contributed by atoms with van der Waals surface area (Å²) in [5, 5.41) is 25.3. The smallest absolute Gasteiger partial charge is 0.329 e.